The third-order valence-electron chi connectivity index (χ3n) is 4.73. The van der Waals surface area contributed by atoms with Crippen LogP contribution in [-0.4, -0.2) is 15.9 Å². The summed E-state index contributed by atoms with van der Waals surface area (Å²) in [5.74, 6) is -0.339. The topological polar surface area (TPSA) is 54.9 Å². The standard InChI is InChI=1S/C18H20FN3O/c1-12-8-21-15(9-20-12)10-22-16(23)18(11-17(18,2)3)13-4-6-14(19)7-5-13/h4-9H,10-11H2,1-3H3,(H,22,23)/t18-/m1/s1. The van der Waals surface area contributed by atoms with Crippen molar-refractivity contribution in [3.8, 4) is 0 Å². The summed E-state index contributed by atoms with van der Waals surface area (Å²) in [7, 11) is 0. The smallest absolute Gasteiger partial charge is 0.231 e. The number of benzene rings is 1. The van der Waals surface area contributed by atoms with Gasteiger partial charge in [-0.3, -0.25) is 14.8 Å². The number of aryl methyl sites for hydroxylation is 1. The Morgan fingerprint density at radius 1 is 1.22 bits per heavy atom. The van der Waals surface area contributed by atoms with Gasteiger partial charge in [-0.1, -0.05) is 26.0 Å². The van der Waals surface area contributed by atoms with Crippen LogP contribution >= 0.6 is 0 Å². The van der Waals surface area contributed by atoms with Gasteiger partial charge in [0.2, 0.25) is 5.91 Å². The summed E-state index contributed by atoms with van der Waals surface area (Å²) in [6, 6.07) is 6.22. The predicted molar refractivity (Wildman–Crippen MR) is 85.1 cm³/mol. The Hall–Kier alpha value is -2.30. The second-order valence-electron chi connectivity index (χ2n) is 6.80. The van der Waals surface area contributed by atoms with Gasteiger partial charge in [0.15, 0.2) is 0 Å². The predicted octanol–water partition coefficient (Wildman–Crippen LogP) is 2.91. The van der Waals surface area contributed by atoms with Gasteiger partial charge in [0, 0.05) is 6.20 Å². The third-order valence-corrected chi connectivity index (χ3v) is 4.73. The molecule has 1 aliphatic rings. The number of rotatable bonds is 4. The number of carbonyl (C=O) groups is 1. The van der Waals surface area contributed by atoms with Crippen molar-refractivity contribution in [2.45, 2.75) is 39.2 Å². The number of halogens is 1. The maximum Gasteiger partial charge on any atom is 0.231 e. The van der Waals surface area contributed by atoms with Crippen molar-refractivity contribution >= 4 is 5.91 Å². The van der Waals surface area contributed by atoms with Crippen LogP contribution in [0.1, 0.15) is 37.2 Å². The molecule has 1 fully saturated rings. The van der Waals surface area contributed by atoms with E-state index in [4.69, 9.17) is 0 Å². The van der Waals surface area contributed by atoms with Gasteiger partial charge in [0.1, 0.15) is 5.82 Å². The quantitative estimate of drug-likeness (QED) is 0.944. The van der Waals surface area contributed by atoms with Crippen molar-refractivity contribution in [2.24, 2.45) is 5.41 Å². The summed E-state index contributed by atoms with van der Waals surface area (Å²) >= 11 is 0. The second kappa shape index (κ2) is 5.41. The number of aromatic nitrogens is 2. The average molecular weight is 313 g/mol. The molecule has 23 heavy (non-hydrogen) atoms. The molecule has 1 saturated carbocycles. The second-order valence-corrected chi connectivity index (χ2v) is 6.80. The lowest BCUT2D eigenvalue weighted by Crippen LogP contribution is -2.37. The van der Waals surface area contributed by atoms with Gasteiger partial charge in [-0.05, 0) is 36.5 Å². The molecular weight excluding hydrogens is 293 g/mol. The highest BCUT2D eigenvalue weighted by atomic mass is 19.1. The van der Waals surface area contributed by atoms with Gasteiger partial charge in [-0.25, -0.2) is 4.39 Å². The van der Waals surface area contributed by atoms with E-state index in [1.54, 1.807) is 24.5 Å². The molecule has 1 aliphatic carbocycles. The van der Waals surface area contributed by atoms with Crippen molar-refractivity contribution in [3.05, 3.63) is 59.4 Å². The molecule has 0 saturated heterocycles. The van der Waals surface area contributed by atoms with E-state index in [9.17, 15) is 9.18 Å². The Morgan fingerprint density at radius 2 is 1.87 bits per heavy atom. The van der Waals surface area contributed by atoms with Crippen molar-refractivity contribution in [2.75, 3.05) is 0 Å². The first-order valence-electron chi connectivity index (χ1n) is 7.67. The fraction of sp³-hybridized carbons (Fsp3) is 0.389. The first-order valence-corrected chi connectivity index (χ1v) is 7.67. The zero-order valence-corrected chi connectivity index (χ0v) is 13.6. The summed E-state index contributed by atoms with van der Waals surface area (Å²) in [6.07, 6.45) is 4.09. The molecule has 3 rings (SSSR count). The van der Waals surface area contributed by atoms with Crippen molar-refractivity contribution < 1.29 is 9.18 Å². The monoisotopic (exact) mass is 313 g/mol. The summed E-state index contributed by atoms with van der Waals surface area (Å²) in [5, 5.41) is 2.95. The number of hydrogen-bond acceptors (Lipinski definition) is 3. The Bertz CT molecular complexity index is 725. The minimum absolute atomic E-state index is 0.0449. The Labute approximate surface area is 135 Å². The SMILES string of the molecule is Cc1cnc(CNC(=O)[C@]2(c3ccc(F)cc3)CC2(C)C)cn1. The lowest BCUT2D eigenvalue weighted by Gasteiger charge is -2.20. The van der Waals surface area contributed by atoms with E-state index in [0.717, 1.165) is 23.4 Å². The molecule has 2 aromatic rings. The molecule has 120 valence electrons. The Balaban J connectivity index is 1.78. The molecule has 1 aromatic heterocycles. The molecule has 1 heterocycles. The number of amides is 1. The van der Waals surface area contributed by atoms with Gasteiger partial charge in [-0.15, -0.1) is 0 Å². The molecule has 0 bridgehead atoms. The zero-order chi connectivity index (χ0) is 16.7. The van der Waals surface area contributed by atoms with Crippen LogP contribution in [0.25, 0.3) is 0 Å². The largest absolute Gasteiger partial charge is 0.350 e. The fourth-order valence-corrected chi connectivity index (χ4v) is 3.20. The zero-order valence-electron chi connectivity index (χ0n) is 13.6. The van der Waals surface area contributed by atoms with Crippen LogP contribution < -0.4 is 5.32 Å². The molecule has 0 unspecified atom stereocenters. The van der Waals surface area contributed by atoms with E-state index in [-0.39, 0.29) is 17.1 Å². The maximum atomic E-state index is 13.2. The maximum absolute atomic E-state index is 13.2. The van der Waals surface area contributed by atoms with E-state index in [1.165, 1.54) is 12.1 Å². The van der Waals surface area contributed by atoms with E-state index in [0.29, 0.717) is 6.54 Å². The minimum atomic E-state index is -0.598. The van der Waals surface area contributed by atoms with Crippen LogP contribution in [0.3, 0.4) is 0 Å². The third kappa shape index (κ3) is 2.71. The van der Waals surface area contributed by atoms with Gasteiger partial charge < -0.3 is 5.32 Å². The molecule has 1 amide bonds. The highest BCUT2D eigenvalue weighted by molar-refractivity contribution is 5.93. The molecule has 4 nitrogen and oxygen atoms in total. The van der Waals surface area contributed by atoms with Crippen LogP contribution in [0.5, 0.6) is 0 Å². The molecule has 1 atom stereocenters. The van der Waals surface area contributed by atoms with Crippen molar-refractivity contribution in [3.63, 3.8) is 0 Å². The van der Waals surface area contributed by atoms with Crippen LogP contribution in [0.2, 0.25) is 0 Å². The molecule has 1 N–H and O–H groups in total. The van der Waals surface area contributed by atoms with Gasteiger partial charge in [0.05, 0.1) is 29.5 Å². The molecule has 0 spiro atoms. The van der Waals surface area contributed by atoms with Crippen molar-refractivity contribution in [1.29, 1.82) is 0 Å². The lowest BCUT2D eigenvalue weighted by atomic mass is 9.87. The van der Waals surface area contributed by atoms with Crippen molar-refractivity contribution in [1.82, 2.24) is 15.3 Å². The number of nitrogens with one attached hydrogen (secondary N) is 1. The fourth-order valence-electron chi connectivity index (χ4n) is 3.20. The van der Waals surface area contributed by atoms with E-state index >= 15 is 0 Å². The Morgan fingerprint density at radius 3 is 2.39 bits per heavy atom. The van der Waals surface area contributed by atoms with Gasteiger partial charge >= 0.3 is 0 Å². The van der Waals surface area contributed by atoms with Crippen LogP contribution in [0, 0.1) is 18.2 Å². The van der Waals surface area contributed by atoms with E-state index < -0.39 is 5.41 Å². The molecule has 0 radical (unpaired) electrons. The molecule has 0 aliphatic heterocycles. The Kier molecular flexibility index (Phi) is 3.66. The van der Waals surface area contributed by atoms with E-state index in [2.05, 4.69) is 29.1 Å². The summed E-state index contributed by atoms with van der Waals surface area (Å²) < 4.78 is 13.2. The summed E-state index contributed by atoms with van der Waals surface area (Å²) in [6.45, 7) is 6.32. The summed E-state index contributed by atoms with van der Waals surface area (Å²) in [4.78, 5) is 21.2. The average Bonchev–Trinajstić information content (AvgIpc) is 3.11. The highest BCUT2D eigenvalue weighted by Crippen LogP contribution is 2.64. The van der Waals surface area contributed by atoms with Crippen LogP contribution in [-0.2, 0) is 16.8 Å². The molecule has 5 heteroatoms. The first kappa shape index (κ1) is 15.6. The summed E-state index contributed by atoms with van der Waals surface area (Å²) in [5.41, 5.74) is 1.67. The molecular formula is C18H20FN3O. The van der Waals surface area contributed by atoms with Crippen LogP contribution in [0.15, 0.2) is 36.7 Å². The number of hydrogen-bond donors (Lipinski definition) is 1. The van der Waals surface area contributed by atoms with E-state index in [1.807, 2.05) is 6.92 Å². The number of nitrogens with zero attached hydrogens (tertiary/aromatic N) is 2. The minimum Gasteiger partial charge on any atom is -0.350 e. The van der Waals surface area contributed by atoms with Gasteiger partial charge in [0.25, 0.3) is 0 Å². The molecule has 1 aromatic carbocycles. The highest BCUT2D eigenvalue weighted by Gasteiger charge is 2.66. The normalized spacial score (nSPS) is 21.7. The number of carbonyl (C=O) groups excluding carboxylic acids is 1. The first-order chi connectivity index (χ1) is 10.8. The van der Waals surface area contributed by atoms with Gasteiger partial charge in [-0.2, -0.15) is 0 Å². The lowest BCUT2D eigenvalue weighted by molar-refractivity contribution is -0.124. The van der Waals surface area contributed by atoms with Crippen LogP contribution in [0.4, 0.5) is 4.39 Å².